The second kappa shape index (κ2) is 8.06. The van der Waals surface area contributed by atoms with Gasteiger partial charge in [0.05, 0.1) is 11.1 Å². The molecule has 126 valence electrons. The lowest BCUT2D eigenvalue weighted by Gasteiger charge is -2.34. The van der Waals surface area contributed by atoms with E-state index < -0.39 is 0 Å². The molecule has 23 heavy (non-hydrogen) atoms. The van der Waals surface area contributed by atoms with Crippen LogP contribution in [0.2, 0.25) is 0 Å². The maximum Gasteiger partial charge on any atom is 0.255 e. The Bertz CT molecular complexity index is 549. The summed E-state index contributed by atoms with van der Waals surface area (Å²) in [7, 11) is 0. The summed E-state index contributed by atoms with van der Waals surface area (Å²) in [5, 5.41) is 0. The first kappa shape index (κ1) is 17.4. The van der Waals surface area contributed by atoms with Gasteiger partial charge in [0.2, 0.25) is 0 Å². The standard InChI is InChI=1S/C17H26N4O2/c1-4-19-7-9-21(10-8-19)17(23)15-11-14(12-18-13-15)16(22)20(5-2)6-3/h11-13H,4-10H2,1-3H3. The molecule has 1 aromatic rings. The molecular weight excluding hydrogens is 292 g/mol. The number of amides is 2. The third-order valence-electron chi connectivity index (χ3n) is 4.39. The van der Waals surface area contributed by atoms with Gasteiger partial charge in [0.25, 0.3) is 11.8 Å². The van der Waals surface area contributed by atoms with Gasteiger partial charge in [-0.25, -0.2) is 0 Å². The molecule has 0 unspecified atom stereocenters. The van der Waals surface area contributed by atoms with Gasteiger partial charge in [-0.15, -0.1) is 0 Å². The molecule has 0 N–H and O–H groups in total. The van der Waals surface area contributed by atoms with Crippen molar-refractivity contribution in [3.05, 3.63) is 29.6 Å². The predicted octanol–water partition coefficient (Wildman–Crippen LogP) is 1.34. The Morgan fingerprint density at radius 1 is 1.04 bits per heavy atom. The number of piperazine rings is 1. The fraction of sp³-hybridized carbons (Fsp3) is 0.588. The van der Waals surface area contributed by atoms with Gasteiger partial charge in [0.1, 0.15) is 0 Å². The van der Waals surface area contributed by atoms with E-state index in [2.05, 4.69) is 16.8 Å². The summed E-state index contributed by atoms with van der Waals surface area (Å²) >= 11 is 0. The van der Waals surface area contributed by atoms with E-state index in [1.54, 1.807) is 17.2 Å². The highest BCUT2D eigenvalue weighted by Crippen LogP contribution is 2.11. The number of likely N-dealkylation sites (N-methyl/N-ethyl adjacent to an activating group) is 1. The summed E-state index contributed by atoms with van der Waals surface area (Å²) in [6.07, 6.45) is 3.08. The first-order chi connectivity index (χ1) is 11.1. The molecule has 0 saturated carbocycles. The van der Waals surface area contributed by atoms with Crippen molar-refractivity contribution < 1.29 is 9.59 Å². The monoisotopic (exact) mass is 318 g/mol. The molecular formula is C17H26N4O2. The Morgan fingerprint density at radius 2 is 1.65 bits per heavy atom. The van der Waals surface area contributed by atoms with Crippen LogP contribution in [0.25, 0.3) is 0 Å². The second-order valence-electron chi connectivity index (χ2n) is 5.67. The lowest BCUT2D eigenvalue weighted by molar-refractivity contribution is 0.0643. The molecule has 1 aliphatic heterocycles. The molecule has 6 heteroatoms. The summed E-state index contributed by atoms with van der Waals surface area (Å²) in [5.74, 6) is -0.115. The van der Waals surface area contributed by atoms with Gasteiger partial charge in [-0.1, -0.05) is 6.92 Å². The molecule has 2 amide bonds. The van der Waals surface area contributed by atoms with Crippen LogP contribution in [-0.2, 0) is 0 Å². The molecule has 2 rings (SSSR count). The molecule has 2 heterocycles. The van der Waals surface area contributed by atoms with Crippen molar-refractivity contribution in [1.82, 2.24) is 19.7 Å². The van der Waals surface area contributed by atoms with E-state index in [-0.39, 0.29) is 11.8 Å². The number of aromatic nitrogens is 1. The lowest BCUT2D eigenvalue weighted by atomic mass is 10.1. The average Bonchev–Trinajstić information content (AvgIpc) is 2.62. The Labute approximate surface area is 138 Å². The Morgan fingerprint density at radius 3 is 2.22 bits per heavy atom. The molecule has 0 aliphatic carbocycles. The maximum atomic E-state index is 12.6. The highest BCUT2D eigenvalue weighted by Gasteiger charge is 2.22. The van der Waals surface area contributed by atoms with E-state index in [9.17, 15) is 9.59 Å². The zero-order valence-corrected chi connectivity index (χ0v) is 14.3. The van der Waals surface area contributed by atoms with Gasteiger partial charge in [-0.2, -0.15) is 0 Å². The maximum absolute atomic E-state index is 12.6. The fourth-order valence-electron chi connectivity index (χ4n) is 2.82. The smallest absolute Gasteiger partial charge is 0.255 e. The number of carbonyl (C=O) groups excluding carboxylic acids is 2. The molecule has 0 atom stereocenters. The van der Waals surface area contributed by atoms with E-state index in [0.29, 0.717) is 24.2 Å². The molecule has 1 saturated heterocycles. The van der Waals surface area contributed by atoms with E-state index in [4.69, 9.17) is 0 Å². The number of hydrogen-bond acceptors (Lipinski definition) is 4. The molecule has 1 aliphatic rings. The molecule has 0 spiro atoms. The van der Waals surface area contributed by atoms with Crippen LogP contribution < -0.4 is 0 Å². The van der Waals surface area contributed by atoms with E-state index in [1.807, 2.05) is 18.7 Å². The molecule has 1 fully saturated rings. The third-order valence-corrected chi connectivity index (χ3v) is 4.39. The molecule has 1 aromatic heterocycles. The Balaban J connectivity index is 2.10. The number of pyridine rings is 1. The quantitative estimate of drug-likeness (QED) is 0.822. The summed E-state index contributed by atoms with van der Waals surface area (Å²) in [5.41, 5.74) is 0.972. The predicted molar refractivity (Wildman–Crippen MR) is 89.5 cm³/mol. The highest BCUT2D eigenvalue weighted by atomic mass is 16.2. The molecule has 6 nitrogen and oxygen atoms in total. The van der Waals surface area contributed by atoms with Crippen molar-refractivity contribution in [3.63, 3.8) is 0 Å². The average molecular weight is 318 g/mol. The van der Waals surface area contributed by atoms with Gasteiger partial charge < -0.3 is 14.7 Å². The van der Waals surface area contributed by atoms with Crippen LogP contribution in [0.15, 0.2) is 18.5 Å². The van der Waals surface area contributed by atoms with Crippen LogP contribution in [-0.4, -0.2) is 77.3 Å². The zero-order chi connectivity index (χ0) is 16.8. The van der Waals surface area contributed by atoms with Gasteiger partial charge in [-0.05, 0) is 26.5 Å². The van der Waals surface area contributed by atoms with Crippen LogP contribution in [0.4, 0.5) is 0 Å². The number of carbonyl (C=O) groups is 2. The third kappa shape index (κ3) is 4.07. The van der Waals surface area contributed by atoms with Crippen molar-refractivity contribution in [3.8, 4) is 0 Å². The number of rotatable bonds is 5. The van der Waals surface area contributed by atoms with Crippen molar-refractivity contribution in [2.45, 2.75) is 20.8 Å². The Hall–Kier alpha value is -1.95. The zero-order valence-electron chi connectivity index (χ0n) is 14.3. The summed E-state index contributed by atoms with van der Waals surface area (Å²) < 4.78 is 0. The summed E-state index contributed by atoms with van der Waals surface area (Å²) in [4.78, 5) is 35.0. The van der Waals surface area contributed by atoms with Crippen LogP contribution in [0, 0.1) is 0 Å². The van der Waals surface area contributed by atoms with Crippen LogP contribution >= 0.6 is 0 Å². The highest BCUT2D eigenvalue weighted by molar-refractivity contribution is 5.99. The van der Waals surface area contributed by atoms with Crippen molar-refractivity contribution in [1.29, 1.82) is 0 Å². The van der Waals surface area contributed by atoms with E-state index in [1.165, 1.54) is 6.20 Å². The van der Waals surface area contributed by atoms with Crippen molar-refractivity contribution in [2.75, 3.05) is 45.8 Å². The second-order valence-corrected chi connectivity index (χ2v) is 5.67. The van der Waals surface area contributed by atoms with Crippen LogP contribution in [0.5, 0.6) is 0 Å². The molecule has 0 radical (unpaired) electrons. The van der Waals surface area contributed by atoms with Gasteiger partial charge in [-0.3, -0.25) is 14.6 Å². The van der Waals surface area contributed by atoms with Gasteiger partial charge >= 0.3 is 0 Å². The van der Waals surface area contributed by atoms with Crippen LogP contribution in [0.1, 0.15) is 41.5 Å². The van der Waals surface area contributed by atoms with E-state index in [0.717, 1.165) is 32.7 Å². The topological polar surface area (TPSA) is 56.8 Å². The minimum atomic E-state index is -0.0760. The first-order valence-electron chi connectivity index (χ1n) is 8.36. The van der Waals surface area contributed by atoms with Crippen LogP contribution in [0.3, 0.4) is 0 Å². The SMILES string of the molecule is CCN1CCN(C(=O)c2cncc(C(=O)N(CC)CC)c2)CC1. The van der Waals surface area contributed by atoms with Gasteiger partial charge in [0.15, 0.2) is 0 Å². The minimum absolute atomic E-state index is 0.0394. The van der Waals surface area contributed by atoms with Gasteiger partial charge in [0, 0.05) is 51.7 Å². The fourth-order valence-corrected chi connectivity index (χ4v) is 2.82. The summed E-state index contributed by atoms with van der Waals surface area (Å²) in [6, 6.07) is 1.67. The number of nitrogens with zero attached hydrogens (tertiary/aromatic N) is 4. The van der Waals surface area contributed by atoms with Crippen molar-refractivity contribution in [2.24, 2.45) is 0 Å². The lowest BCUT2D eigenvalue weighted by Crippen LogP contribution is -2.48. The largest absolute Gasteiger partial charge is 0.339 e. The minimum Gasteiger partial charge on any atom is -0.339 e. The summed E-state index contributed by atoms with van der Waals surface area (Å²) in [6.45, 7) is 11.6. The first-order valence-corrected chi connectivity index (χ1v) is 8.36. The Kier molecular flexibility index (Phi) is 6.10. The molecule has 0 aromatic carbocycles. The number of hydrogen-bond donors (Lipinski definition) is 0. The normalized spacial score (nSPS) is 15.5. The molecule has 0 bridgehead atoms. The van der Waals surface area contributed by atoms with E-state index >= 15 is 0 Å². The van der Waals surface area contributed by atoms with Crippen molar-refractivity contribution >= 4 is 11.8 Å².